The first-order valence-corrected chi connectivity index (χ1v) is 10.8. The molecule has 0 bridgehead atoms. The van der Waals surface area contributed by atoms with Crippen molar-refractivity contribution in [3.05, 3.63) is 91.9 Å². The second kappa shape index (κ2) is 9.48. The van der Waals surface area contributed by atoms with Crippen LogP contribution >= 0.6 is 22.9 Å². The number of nitriles is 1. The third-order valence-corrected chi connectivity index (χ3v) is 5.60. The molecule has 0 fully saturated rings. The summed E-state index contributed by atoms with van der Waals surface area (Å²) < 4.78 is 0. The Hall–Kier alpha value is -4.26. The lowest BCUT2D eigenvalue weighted by Crippen LogP contribution is -2.22. The van der Waals surface area contributed by atoms with Gasteiger partial charge in [0.05, 0.1) is 10.6 Å². The molecule has 0 aliphatic carbocycles. The van der Waals surface area contributed by atoms with Crippen LogP contribution in [0.1, 0.15) is 15.2 Å². The van der Waals surface area contributed by atoms with Crippen molar-refractivity contribution < 1.29 is 9.59 Å². The van der Waals surface area contributed by atoms with Gasteiger partial charge in [0, 0.05) is 22.0 Å². The second-order valence-electron chi connectivity index (χ2n) is 6.72. The number of benzene rings is 2. The maximum Gasteiger partial charge on any atom is 0.297 e. The van der Waals surface area contributed by atoms with E-state index in [0.29, 0.717) is 26.8 Å². The molecule has 2 aromatic heterocycles. The summed E-state index contributed by atoms with van der Waals surface area (Å²) in [5, 5.41) is 17.3. The highest BCUT2D eigenvalue weighted by Crippen LogP contribution is 2.25. The average Bonchev–Trinajstić information content (AvgIpc) is 3.35. The summed E-state index contributed by atoms with van der Waals surface area (Å²) in [6.45, 7) is 0. The summed E-state index contributed by atoms with van der Waals surface area (Å²) in [6, 6.07) is 18.3. The number of anilines is 3. The van der Waals surface area contributed by atoms with Crippen molar-refractivity contribution in [3.63, 3.8) is 0 Å². The molecule has 0 radical (unpaired) electrons. The Bertz CT molecular complexity index is 1440. The van der Waals surface area contributed by atoms with E-state index in [1.807, 2.05) is 6.07 Å². The molecule has 162 valence electrons. The van der Waals surface area contributed by atoms with Crippen molar-refractivity contribution >= 4 is 52.0 Å². The number of carbonyl (C=O) groups is 2. The van der Waals surface area contributed by atoms with Crippen molar-refractivity contribution in [2.75, 3.05) is 10.6 Å². The molecule has 8 nitrogen and oxygen atoms in total. The monoisotopic (exact) mass is 475 g/mol. The lowest BCUT2D eigenvalue weighted by atomic mass is 10.1. The van der Waals surface area contributed by atoms with E-state index >= 15 is 0 Å². The largest absolute Gasteiger partial charge is 0.326 e. The van der Waals surface area contributed by atoms with Gasteiger partial charge >= 0.3 is 0 Å². The van der Waals surface area contributed by atoms with Crippen molar-refractivity contribution in [2.45, 2.75) is 0 Å². The number of hydrogen-bond donors (Lipinski definition) is 3. The lowest BCUT2D eigenvalue weighted by molar-refractivity contribution is -0.112. The number of hydrogen-bond acceptors (Lipinski definition) is 7. The van der Waals surface area contributed by atoms with E-state index in [4.69, 9.17) is 11.6 Å². The number of aromatic amines is 1. The van der Waals surface area contributed by atoms with E-state index < -0.39 is 17.2 Å². The highest BCUT2D eigenvalue weighted by molar-refractivity contribution is 7.13. The molecule has 3 N–H and O–H groups in total. The minimum absolute atomic E-state index is 0.124. The Morgan fingerprint density at radius 1 is 1.06 bits per heavy atom. The number of ketones is 1. The van der Waals surface area contributed by atoms with Gasteiger partial charge in [0.15, 0.2) is 0 Å². The summed E-state index contributed by atoms with van der Waals surface area (Å²) in [5.74, 6) is -1.32. The van der Waals surface area contributed by atoms with Crippen molar-refractivity contribution in [1.29, 1.82) is 5.26 Å². The van der Waals surface area contributed by atoms with Crippen LogP contribution in [0.4, 0.5) is 17.3 Å². The predicted molar refractivity (Wildman–Crippen MR) is 127 cm³/mol. The van der Waals surface area contributed by atoms with Crippen molar-refractivity contribution in [2.24, 2.45) is 0 Å². The van der Waals surface area contributed by atoms with Crippen LogP contribution < -0.4 is 16.2 Å². The van der Waals surface area contributed by atoms with Gasteiger partial charge in [-0.15, -0.1) is 11.3 Å². The standard InChI is InChI=1S/C23H14ClN5O3S/c24-14-6-8-15(9-7-14)27-23-28-19(17(12-25)21(31)29-23)13-3-1-4-16(11-13)26-22(32)20(30)18-5-2-10-33-18/h1-11H,(H,26,32)(H2,27,28,29,31). The number of aromatic nitrogens is 2. The van der Waals surface area contributed by atoms with Crippen LogP contribution in [0.5, 0.6) is 0 Å². The molecule has 4 rings (SSSR count). The molecule has 0 saturated carbocycles. The predicted octanol–water partition coefficient (Wildman–Crippen LogP) is 4.59. The topological polar surface area (TPSA) is 128 Å². The molecule has 2 heterocycles. The van der Waals surface area contributed by atoms with Crippen LogP contribution in [0.25, 0.3) is 11.3 Å². The molecule has 33 heavy (non-hydrogen) atoms. The third kappa shape index (κ3) is 4.98. The first-order valence-electron chi connectivity index (χ1n) is 9.51. The molecule has 0 saturated heterocycles. The van der Waals surface area contributed by atoms with Crippen molar-refractivity contribution in [1.82, 2.24) is 9.97 Å². The number of halogens is 1. The third-order valence-electron chi connectivity index (χ3n) is 4.48. The highest BCUT2D eigenvalue weighted by Gasteiger charge is 2.18. The maximum absolute atomic E-state index is 12.5. The number of carbonyl (C=O) groups excluding carboxylic acids is 2. The maximum atomic E-state index is 12.5. The number of thiophene rings is 1. The van der Waals surface area contributed by atoms with Gasteiger partial charge < -0.3 is 10.6 Å². The van der Waals surface area contributed by atoms with Gasteiger partial charge in [-0.05, 0) is 47.8 Å². The molecule has 1 amide bonds. The fourth-order valence-corrected chi connectivity index (χ4v) is 3.75. The Labute approximate surface area is 196 Å². The number of amides is 1. The van der Waals surface area contributed by atoms with Crippen LogP contribution in [0.15, 0.2) is 70.8 Å². The Kier molecular flexibility index (Phi) is 6.31. The first-order chi connectivity index (χ1) is 15.9. The average molecular weight is 476 g/mol. The minimum atomic E-state index is -0.793. The molecule has 10 heteroatoms. The van der Waals surface area contributed by atoms with E-state index in [1.54, 1.807) is 60.0 Å². The molecule has 0 aliphatic heterocycles. The molecule has 0 spiro atoms. The number of Topliss-reactive ketones (excluding diaryl/α,β-unsaturated/α-hetero) is 1. The van der Waals surface area contributed by atoms with Crippen molar-refractivity contribution in [3.8, 4) is 17.3 Å². The van der Waals surface area contributed by atoms with Crippen LogP contribution in [0.3, 0.4) is 0 Å². The van der Waals surface area contributed by atoms with Gasteiger partial charge in [0.1, 0.15) is 11.6 Å². The molecule has 0 unspecified atom stereocenters. The highest BCUT2D eigenvalue weighted by atomic mass is 35.5. The van der Waals surface area contributed by atoms with E-state index in [2.05, 4.69) is 20.6 Å². The minimum Gasteiger partial charge on any atom is -0.326 e. The van der Waals surface area contributed by atoms with Gasteiger partial charge in [-0.3, -0.25) is 19.4 Å². The molecule has 0 aliphatic rings. The zero-order chi connectivity index (χ0) is 23.4. The summed E-state index contributed by atoms with van der Waals surface area (Å²) in [6.07, 6.45) is 0. The number of nitrogens with zero attached hydrogens (tertiary/aromatic N) is 2. The number of H-pyrrole nitrogens is 1. The Morgan fingerprint density at radius 3 is 2.55 bits per heavy atom. The van der Waals surface area contributed by atoms with Gasteiger partial charge in [0.2, 0.25) is 5.95 Å². The second-order valence-corrected chi connectivity index (χ2v) is 8.11. The van der Waals surface area contributed by atoms with E-state index in [-0.39, 0.29) is 17.2 Å². The summed E-state index contributed by atoms with van der Waals surface area (Å²) in [7, 11) is 0. The van der Waals surface area contributed by atoms with Gasteiger partial charge in [0.25, 0.3) is 17.2 Å². The van der Waals surface area contributed by atoms with Crippen LogP contribution in [-0.4, -0.2) is 21.7 Å². The van der Waals surface area contributed by atoms with Gasteiger partial charge in [-0.2, -0.15) is 5.26 Å². The quantitative estimate of drug-likeness (QED) is 0.276. The van der Waals surface area contributed by atoms with E-state index in [1.165, 1.54) is 17.4 Å². The smallest absolute Gasteiger partial charge is 0.297 e. The Morgan fingerprint density at radius 2 is 1.85 bits per heavy atom. The molecule has 0 atom stereocenters. The normalized spacial score (nSPS) is 10.3. The molecule has 2 aromatic carbocycles. The van der Waals surface area contributed by atoms with Gasteiger partial charge in [-0.25, -0.2) is 4.98 Å². The van der Waals surface area contributed by atoms with Crippen LogP contribution in [0, 0.1) is 11.3 Å². The first kappa shape index (κ1) is 22.0. The van der Waals surface area contributed by atoms with Gasteiger partial charge in [-0.1, -0.05) is 29.8 Å². The SMILES string of the molecule is N#Cc1c(-c2cccc(NC(=O)C(=O)c3cccs3)c2)nc(Nc2ccc(Cl)cc2)[nH]c1=O. The van der Waals surface area contributed by atoms with Crippen LogP contribution in [-0.2, 0) is 4.79 Å². The number of nitrogens with one attached hydrogen (secondary N) is 3. The molecular formula is C23H14ClN5O3S. The Balaban J connectivity index is 1.65. The fourth-order valence-electron chi connectivity index (χ4n) is 2.97. The fraction of sp³-hybridized carbons (Fsp3) is 0. The molecule has 4 aromatic rings. The van der Waals surface area contributed by atoms with Crippen LogP contribution in [0.2, 0.25) is 5.02 Å². The summed E-state index contributed by atoms with van der Waals surface area (Å²) in [4.78, 5) is 44.3. The summed E-state index contributed by atoms with van der Waals surface area (Å²) >= 11 is 7.07. The summed E-state index contributed by atoms with van der Waals surface area (Å²) in [5.41, 5.74) is 0.680. The molecular weight excluding hydrogens is 462 g/mol. The zero-order valence-electron chi connectivity index (χ0n) is 16.8. The van der Waals surface area contributed by atoms with E-state index in [9.17, 15) is 19.6 Å². The van der Waals surface area contributed by atoms with E-state index in [0.717, 1.165) is 0 Å². The lowest BCUT2D eigenvalue weighted by Gasteiger charge is -2.10. The zero-order valence-corrected chi connectivity index (χ0v) is 18.3. The number of rotatable bonds is 6.